The maximum Gasteiger partial charge on any atom is 0.251 e. The van der Waals surface area contributed by atoms with E-state index in [1.165, 1.54) is 12.1 Å². The first-order valence-corrected chi connectivity index (χ1v) is 9.83. The highest BCUT2D eigenvalue weighted by molar-refractivity contribution is 6.08. The topological polar surface area (TPSA) is 91.6 Å². The van der Waals surface area contributed by atoms with Gasteiger partial charge in [-0.05, 0) is 41.5 Å². The van der Waals surface area contributed by atoms with Crippen molar-refractivity contribution < 1.29 is 19.1 Å². The number of aromatic hydroxyl groups is 1. The first kappa shape index (κ1) is 19.5. The molecule has 2 amide bonds. The number of nitrogens with one attached hydrogen (secondary N) is 2. The van der Waals surface area contributed by atoms with Crippen molar-refractivity contribution in [2.75, 3.05) is 13.1 Å². The molecule has 1 aromatic heterocycles. The molecule has 0 aliphatic rings. The molecule has 0 saturated heterocycles. The average molecular weight is 402 g/mol. The lowest BCUT2D eigenvalue weighted by molar-refractivity contribution is -0.120. The van der Waals surface area contributed by atoms with Crippen molar-refractivity contribution in [1.82, 2.24) is 10.6 Å². The second kappa shape index (κ2) is 8.69. The quantitative estimate of drug-likeness (QED) is 0.410. The number of hydrogen-bond donors (Lipinski definition) is 3. The lowest BCUT2D eigenvalue weighted by Crippen LogP contribution is -2.30. The molecule has 0 unspecified atom stereocenters. The third kappa shape index (κ3) is 4.27. The van der Waals surface area contributed by atoms with E-state index in [1.54, 1.807) is 18.4 Å². The van der Waals surface area contributed by atoms with Gasteiger partial charge in [0.25, 0.3) is 5.91 Å². The Balaban J connectivity index is 1.28. The molecule has 4 rings (SSSR count). The number of carbonyl (C=O) groups excluding carboxylic acids is 2. The van der Waals surface area contributed by atoms with Crippen LogP contribution in [0.25, 0.3) is 21.7 Å². The van der Waals surface area contributed by atoms with Crippen LogP contribution in [-0.2, 0) is 11.2 Å². The molecule has 4 aromatic rings. The van der Waals surface area contributed by atoms with Crippen molar-refractivity contribution in [3.05, 3.63) is 78.1 Å². The number of amides is 2. The molecule has 0 radical (unpaired) electrons. The molecule has 3 N–H and O–H groups in total. The molecular weight excluding hydrogens is 380 g/mol. The van der Waals surface area contributed by atoms with E-state index in [-0.39, 0.29) is 24.0 Å². The number of phenols is 1. The van der Waals surface area contributed by atoms with Crippen LogP contribution in [0.15, 0.2) is 71.3 Å². The predicted molar refractivity (Wildman–Crippen MR) is 115 cm³/mol. The fourth-order valence-corrected chi connectivity index (χ4v) is 3.51. The third-order valence-corrected chi connectivity index (χ3v) is 4.96. The van der Waals surface area contributed by atoms with Crippen molar-refractivity contribution in [2.24, 2.45) is 0 Å². The van der Waals surface area contributed by atoms with Crippen LogP contribution in [0.5, 0.6) is 5.75 Å². The second-order valence-electron chi connectivity index (χ2n) is 7.11. The normalized spacial score (nSPS) is 10.9. The van der Waals surface area contributed by atoms with E-state index in [0.29, 0.717) is 25.1 Å². The minimum Gasteiger partial charge on any atom is -0.508 e. The first-order chi connectivity index (χ1) is 14.6. The molecule has 152 valence electrons. The fraction of sp³-hybridized carbons (Fsp3) is 0.167. The highest BCUT2D eigenvalue weighted by atomic mass is 16.3. The van der Waals surface area contributed by atoms with E-state index in [0.717, 1.165) is 27.3 Å². The van der Waals surface area contributed by atoms with Gasteiger partial charge in [-0.3, -0.25) is 9.59 Å². The number of phenolic OH excluding ortho intramolecular Hbond substituents is 1. The summed E-state index contributed by atoms with van der Waals surface area (Å²) in [5.74, 6) is -0.298. The molecule has 0 spiro atoms. The van der Waals surface area contributed by atoms with Gasteiger partial charge in [0.15, 0.2) is 0 Å². The first-order valence-electron chi connectivity index (χ1n) is 9.83. The standard InChI is InChI=1S/C24H22N2O4/c27-19-7-3-6-17(13-19)24(29)26-12-4-11-25-22(28)14-18-15-30-21-10-9-16-5-1-2-8-20(16)23(18)21/h1-3,5-10,13,15,27H,4,11-12,14H2,(H,25,28)(H,26,29). The van der Waals surface area contributed by atoms with Gasteiger partial charge < -0.3 is 20.2 Å². The van der Waals surface area contributed by atoms with Crippen LogP contribution < -0.4 is 10.6 Å². The highest BCUT2D eigenvalue weighted by Crippen LogP contribution is 2.30. The lowest BCUT2D eigenvalue weighted by Gasteiger charge is -2.07. The zero-order chi connectivity index (χ0) is 20.9. The zero-order valence-electron chi connectivity index (χ0n) is 16.4. The highest BCUT2D eigenvalue weighted by Gasteiger charge is 2.13. The molecule has 0 fully saturated rings. The molecule has 6 heteroatoms. The van der Waals surface area contributed by atoms with Crippen molar-refractivity contribution >= 4 is 33.6 Å². The number of rotatable bonds is 7. The minimum atomic E-state index is -0.256. The van der Waals surface area contributed by atoms with E-state index in [1.807, 2.05) is 36.4 Å². The maximum absolute atomic E-state index is 12.4. The minimum absolute atomic E-state index is 0.0504. The van der Waals surface area contributed by atoms with Gasteiger partial charge in [0.1, 0.15) is 11.3 Å². The van der Waals surface area contributed by atoms with Gasteiger partial charge in [-0.25, -0.2) is 0 Å². The van der Waals surface area contributed by atoms with Crippen LogP contribution in [0.2, 0.25) is 0 Å². The summed E-state index contributed by atoms with van der Waals surface area (Å²) in [6, 6.07) is 18.1. The Morgan fingerprint density at radius 1 is 0.933 bits per heavy atom. The van der Waals surface area contributed by atoms with Crippen LogP contribution in [-0.4, -0.2) is 30.0 Å². The second-order valence-corrected chi connectivity index (χ2v) is 7.11. The third-order valence-electron chi connectivity index (χ3n) is 4.96. The number of fused-ring (bicyclic) bond motifs is 3. The van der Waals surface area contributed by atoms with Crippen molar-refractivity contribution in [3.8, 4) is 5.75 Å². The summed E-state index contributed by atoms with van der Waals surface area (Å²) in [5.41, 5.74) is 2.03. The smallest absolute Gasteiger partial charge is 0.251 e. The number of benzene rings is 3. The Bertz CT molecular complexity index is 1210. The van der Waals surface area contributed by atoms with Gasteiger partial charge in [0, 0.05) is 29.6 Å². The van der Waals surface area contributed by atoms with Gasteiger partial charge >= 0.3 is 0 Å². The number of carbonyl (C=O) groups is 2. The summed E-state index contributed by atoms with van der Waals surface area (Å²) in [6.45, 7) is 0.879. The monoisotopic (exact) mass is 402 g/mol. The largest absolute Gasteiger partial charge is 0.508 e. The van der Waals surface area contributed by atoms with Crippen LogP contribution in [0.1, 0.15) is 22.3 Å². The van der Waals surface area contributed by atoms with E-state index < -0.39 is 0 Å². The van der Waals surface area contributed by atoms with Crippen molar-refractivity contribution in [2.45, 2.75) is 12.8 Å². The Hall–Kier alpha value is -3.80. The van der Waals surface area contributed by atoms with E-state index in [4.69, 9.17) is 4.42 Å². The fourth-order valence-electron chi connectivity index (χ4n) is 3.51. The van der Waals surface area contributed by atoms with Crippen LogP contribution in [0, 0.1) is 0 Å². The summed E-state index contributed by atoms with van der Waals surface area (Å²) in [5, 5.41) is 18.2. The Morgan fingerprint density at radius 3 is 2.63 bits per heavy atom. The van der Waals surface area contributed by atoms with Crippen molar-refractivity contribution in [3.63, 3.8) is 0 Å². The molecule has 1 heterocycles. The van der Waals surface area contributed by atoms with Gasteiger partial charge in [-0.15, -0.1) is 0 Å². The van der Waals surface area contributed by atoms with Crippen LogP contribution in [0.3, 0.4) is 0 Å². The summed E-state index contributed by atoms with van der Waals surface area (Å²) >= 11 is 0. The molecule has 0 atom stereocenters. The Labute approximate surface area is 173 Å². The molecular formula is C24H22N2O4. The number of hydrogen-bond acceptors (Lipinski definition) is 4. The summed E-state index contributed by atoms with van der Waals surface area (Å²) in [4.78, 5) is 24.4. The summed E-state index contributed by atoms with van der Waals surface area (Å²) in [7, 11) is 0. The van der Waals surface area contributed by atoms with Crippen LogP contribution in [0.4, 0.5) is 0 Å². The predicted octanol–water partition coefficient (Wildman–Crippen LogP) is 3.77. The average Bonchev–Trinajstić information content (AvgIpc) is 3.16. The van der Waals surface area contributed by atoms with Gasteiger partial charge in [-0.2, -0.15) is 0 Å². The lowest BCUT2D eigenvalue weighted by atomic mass is 10.0. The van der Waals surface area contributed by atoms with E-state index in [2.05, 4.69) is 10.6 Å². The number of furan rings is 1. The molecule has 6 nitrogen and oxygen atoms in total. The van der Waals surface area contributed by atoms with E-state index >= 15 is 0 Å². The van der Waals surface area contributed by atoms with Crippen molar-refractivity contribution in [1.29, 1.82) is 0 Å². The molecule has 0 aliphatic heterocycles. The van der Waals surface area contributed by atoms with E-state index in [9.17, 15) is 14.7 Å². The summed E-state index contributed by atoms with van der Waals surface area (Å²) < 4.78 is 5.63. The van der Waals surface area contributed by atoms with Crippen LogP contribution >= 0.6 is 0 Å². The van der Waals surface area contributed by atoms with Gasteiger partial charge in [-0.1, -0.05) is 36.4 Å². The Kier molecular flexibility index (Phi) is 5.66. The summed E-state index contributed by atoms with van der Waals surface area (Å²) in [6.07, 6.45) is 2.48. The molecule has 0 saturated carbocycles. The molecule has 0 bridgehead atoms. The molecule has 30 heavy (non-hydrogen) atoms. The SMILES string of the molecule is O=C(Cc1coc2ccc3ccccc3c12)NCCCNC(=O)c1cccc(O)c1. The maximum atomic E-state index is 12.4. The van der Waals surface area contributed by atoms with Gasteiger partial charge in [0.2, 0.25) is 5.91 Å². The molecule has 0 aliphatic carbocycles. The Morgan fingerprint density at radius 2 is 1.77 bits per heavy atom. The van der Waals surface area contributed by atoms with Gasteiger partial charge in [0.05, 0.1) is 12.7 Å². The zero-order valence-corrected chi connectivity index (χ0v) is 16.4. The molecule has 3 aromatic carbocycles.